The number of esters is 1. The van der Waals surface area contributed by atoms with E-state index < -0.39 is 16.0 Å². The number of unbranched alkanes of at least 4 members (excludes halogenated alkanes) is 1. The standard InChI is InChI=1S/C17H28N2O4S/c1-3-5-12-19(11-4-2)13-6-14-23-17(20)15-7-9-16(10-8-15)24(18,21)22/h7-10H,3-6,11-14H2,1-2H3,(H2,18,21,22). The summed E-state index contributed by atoms with van der Waals surface area (Å²) in [5.74, 6) is -0.452. The highest BCUT2D eigenvalue weighted by Gasteiger charge is 2.11. The summed E-state index contributed by atoms with van der Waals surface area (Å²) in [6.07, 6.45) is 4.24. The highest BCUT2D eigenvalue weighted by atomic mass is 32.2. The quantitative estimate of drug-likeness (QED) is 0.486. The second kappa shape index (κ2) is 10.4. The van der Waals surface area contributed by atoms with E-state index in [0.29, 0.717) is 12.2 Å². The summed E-state index contributed by atoms with van der Waals surface area (Å²) in [5.41, 5.74) is 0.318. The summed E-state index contributed by atoms with van der Waals surface area (Å²) in [6, 6.07) is 5.43. The van der Waals surface area contributed by atoms with Crippen LogP contribution in [0.1, 0.15) is 49.9 Å². The van der Waals surface area contributed by atoms with Crippen molar-refractivity contribution in [3.05, 3.63) is 29.8 Å². The van der Waals surface area contributed by atoms with Gasteiger partial charge in [-0.2, -0.15) is 0 Å². The fraction of sp³-hybridized carbons (Fsp3) is 0.588. The third-order valence-corrected chi connectivity index (χ3v) is 4.57. The molecule has 0 radical (unpaired) electrons. The van der Waals surface area contributed by atoms with E-state index in [-0.39, 0.29) is 4.90 Å². The molecule has 2 N–H and O–H groups in total. The fourth-order valence-corrected chi connectivity index (χ4v) is 2.87. The number of carbonyl (C=O) groups is 1. The first-order valence-corrected chi connectivity index (χ1v) is 9.95. The van der Waals surface area contributed by atoms with Crippen molar-refractivity contribution in [1.29, 1.82) is 0 Å². The predicted molar refractivity (Wildman–Crippen MR) is 94.4 cm³/mol. The van der Waals surface area contributed by atoms with Crippen molar-refractivity contribution < 1.29 is 17.9 Å². The first kappa shape index (κ1) is 20.6. The van der Waals surface area contributed by atoms with Crippen LogP contribution < -0.4 is 5.14 Å². The molecule has 0 fully saturated rings. The van der Waals surface area contributed by atoms with Gasteiger partial charge >= 0.3 is 5.97 Å². The number of nitrogens with zero attached hydrogens (tertiary/aromatic N) is 1. The number of hydrogen-bond donors (Lipinski definition) is 1. The number of benzene rings is 1. The molecular weight excluding hydrogens is 328 g/mol. The molecule has 0 heterocycles. The summed E-state index contributed by atoms with van der Waals surface area (Å²) in [4.78, 5) is 14.3. The normalized spacial score (nSPS) is 11.7. The van der Waals surface area contributed by atoms with E-state index in [2.05, 4.69) is 18.7 Å². The zero-order chi connectivity index (χ0) is 18.0. The van der Waals surface area contributed by atoms with E-state index in [4.69, 9.17) is 9.88 Å². The molecule has 0 aliphatic carbocycles. The third-order valence-electron chi connectivity index (χ3n) is 3.64. The lowest BCUT2D eigenvalue weighted by molar-refractivity contribution is 0.0487. The van der Waals surface area contributed by atoms with Gasteiger partial charge in [0, 0.05) is 6.54 Å². The Hall–Kier alpha value is -1.44. The van der Waals surface area contributed by atoms with E-state index in [1.807, 2.05) is 0 Å². The first-order chi connectivity index (χ1) is 11.4. The molecule has 1 aromatic carbocycles. The van der Waals surface area contributed by atoms with Gasteiger partial charge in [0.1, 0.15) is 0 Å². The van der Waals surface area contributed by atoms with Crippen molar-refractivity contribution in [2.75, 3.05) is 26.2 Å². The van der Waals surface area contributed by atoms with Crippen LogP contribution in [0.4, 0.5) is 0 Å². The van der Waals surface area contributed by atoms with Crippen molar-refractivity contribution in [1.82, 2.24) is 4.90 Å². The molecule has 0 saturated heterocycles. The van der Waals surface area contributed by atoms with E-state index in [1.54, 1.807) is 0 Å². The molecule has 136 valence electrons. The smallest absolute Gasteiger partial charge is 0.338 e. The maximum absolute atomic E-state index is 11.9. The Morgan fingerprint density at radius 2 is 1.67 bits per heavy atom. The number of rotatable bonds is 11. The molecule has 0 bridgehead atoms. The zero-order valence-corrected chi connectivity index (χ0v) is 15.3. The summed E-state index contributed by atoms with van der Waals surface area (Å²) in [7, 11) is -3.75. The van der Waals surface area contributed by atoms with Gasteiger partial charge in [-0.25, -0.2) is 18.4 Å². The topological polar surface area (TPSA) is 89.7 Å². The third kappa shape index (κ3) is 7.42. The maximum atomic E-state index is 11.9. The number of carbonyl (C=O) groups excluding carboxylic acids is 1. The average Bonchev–Trinajstić information content (AvgIpc) is 2.55. The lowest BCUT2D eigenvalue weighted by Gasteiger charge is -2.21. The molecule has 0 aromatic heterocycles. The maximum Gasteiger partial charge on any atom is 0.338 e. The number of primary sulfonamides is 1. The molecule has 24 heavy (non-hydrogen) atoms. The predicted octanol–water partition coefficient (Wildman–Crippen LogP) is 2.39. The van der Waals surface area contributed by atoms with Crippen molar-refractivity contribution in [2.24, 2.45) is 5.14 Å². The van der Waals surface area contributed by atoms with Crippen LogP contribution in [0.25, 0.3) is 0 Å². The number of hydrogen-bond acceptors (Lipinski definition) is 5. The number of sulfonamides is 1. The van der Waals surface area contributed by atoms with Gasteiger partial charge in [-0.15, -0.1) is 0 Å². The highest BCUT2D eigenvalue weighted by molar-refractivity contribution is 7.89. The van der Waals surface area contributed by atoms with Crippen LogP contribution in [-0.2, 0) is 14.8 Å². The molecular formula is C17H28N2O4S. The van der Waals surface area contributed by atoms with Crippen LogP contribution in [0.2, 0.25) is 0 Å². The van der Waals surface area contributed by atoms with Gasteiger partial charge in [0.05, 0.1) is 17.1 Å². The van der Waals surface area contributed by atoms with E-state index in [1.165, 1.54) is 37.1 Å². The Morgan fingerprint density at radius 1 is 1.04 bits per heavy atom. The molecule has 1 rings (SSSR count). The van der Waals surface area contributed by atoms with Crippen LogP contribution in [0.15, 0.2) is 29.2 Å². The van der Waals surface area contributed by atoms with E-state index in [0.717, 1.165) is 32.5 Å². The van der Waals surface area contributed by atoms with Gasteiger partial charge in [0.15, 0.2) is 0 Å². The summed E-state index contributed by atoms with van der Waals surface area (Å²) < 4.78 is 27.6. The first-order valence-electron chi connectivity index (χ1n) is 8.40. The second-order valence-electron chi connectivity index (χ2n) is 5.75. The van der Waals surface area contributed by atoms with Crippen LogP contribution in [-0.4, -0.2) is 45.5 Å². The van der Waals surface area contributed by atoms with Crippen molar-refractivity contribution >= 4 is 16.0 Å². The molecule has 0 aliphatic heterocycles. The Morgan fingerprint density at radius 3 is 2.21 bits per heavy atom. The minimum atomic E-state index is -3.75. The Kier molecular flexibility index (Phi) is 8.95. The van der Waals surface area contributed by atoms with Crippen molar-refractivity contribution in [3.8, 4) is 0 Å². The molecule has 7 heteroatoms. The van der Waals surface area contributed by atoms with Gasteiger partial charge in [-0.05, 0) is 56.6 Å². The molecule has 1 aromatic rings. The molecule has 0 amide bonds. The SMILES string of the molecule is CCCCN(CCC)CCCOC(=O)c1ccc(S(N)(=O)=O)cc1. The lowest BCUT2D eigenvalue weighted by Crippen LogP contribution is -2.27. The summed E-state index contributed by atoms with van der Waals surface area (Å²) in [6.45, 7) is 7.72. The monoisotopic (exact) mass is 356 g/mol. The fourth-order valence-electron chi connectivity index (χ4n) is 2.35. The molecule has 6 nitrogen and oxygen atoms in total. The average molecular weight is 356 g/mol. The minimum absolute atomic E-state index is 0.0230. The van der Waals surface area contributed by atoms with E-state index >= 15 is 0 Å². The largest absolute Gasteiger partial charge is 0.462 e. The van der Waals surface area contributed by atoms with Gasteiger partial charge in [0.25, 0.3) is 0 Å². The van der Waals surface area contributed by atoms with Crippen LogP contribution in [0, 0.1) is 0 Å². The summed E-state index contributed by atoms with van der Waals surface area (Å²) in [5, 5.41) is 5.02. The molecule has 0 atom stereocenters. The van der Waals surface area contributed by atoms with Crippen molar-refractivity contribution in [3.63, 3.8) is 0 Å². The van der Waals surface area contributed by atoms with Gasteiger partial charge in [0.2, 0.25) is 10.0 Å². The van der Waals surface area contributed by atoms with Crippen LogP contribution >= 0.6 is 0 Å². The van der Waals surface area contributed by atoms with Crippen LogP contribution in [0.3, 0.4) is 0 Å². The molecule has 0 unspecified atom stereocenters. The van der Waals surface area contributed by atoms with Crippen LogP contribution in [0.5, 0.6) is 0 Å². The number of ether oxygens (including phenoxy) is 1. The highest BCUT2D eigenvalue weighted by Crippen LogP contribution is 2.10. The molecule has 0 saturated carbocycles. The van der Waals surface area contributed by atoms with Gasteiger partial charge < -0.3 is 9.64 Å². The Balaban J connectivity index is 2.40. The van der Waals surface area contributed by atoms with Gasteiger partial charge in [-0.1, -0.05) is 20.3 Å². The Bertz CT molecular complexity index is 600. The zero-order valence-electron chi connectivity index (χ0n) is 14.5. The lowest BCUT2D eigenvalue weighted by atomic mass is 10.2. The number of nitrogens with two attached hydrogens (primary N) is 1. The van der Waals surface area contributed by atoms with Gasteiger partial charge in [-0.3, -0.25) is 0 Å². The van der Waals surface area contributed by atoms with E-state index in [9.17, 15) is 13.2 Å². The van der Waals surface area contributed by atoms with Crippen molar-refractivity contribution in [2.45, 2.75) is 44.4 Å². The Labute approximate surface area is 145 Å². The summed E-state index contributed by atoms with van der Waals surface area (Å²) >= 11 is 0. The molecule has 0 aliphatic rings. The second-order valence-corrected chi connectivity index (χ2v) is 7.32. The molecule has 0 spiro atoms. The minimum Gasteiger partial charge on any atom is -0.462 e.